The van der Waals surface area contributed by atoms with Crippen LogP contribution in [0.2, 0.25) is 0 Å². The van der Waals surface area contributed by atoms with Crippen molar-refractivity contribution in [3.8, 4) is 5.75 Å². The SMILES string of the molecule is O=C(O)CCC1C=Cc2ccccc2O1. The van der Waals surface area contributed by atoms with Gasteiger partial charge in [-0.15, -0.1) is 0 Å². The Labute approximate surface area is 88.0 Å². The van der Waals surface area contributed by atoms with Crippen molar-refractivity contribution < 1.29 is 14.6 Å². The molecule has 0 fully saturated rings. The minimum atomic E-state index is -0.786. The van der Waals surface area contributed by atoms with Crippen molar-refractivity contribution in [1.82, 2.24) is 0 Å². The Hall–Kier alpha value is -1.77. The summed E-state index contributed by atoms with van der Waals surface area (Å²) < 4.78 is 5.63. The van der Waals surface area contributed by atoms with Crippen LogP contribution in [0, 0.1) is 0 Å². The summed E-state index contributed by atoms with van der Waals surface area (Å²) in [5.41, 5.74) is 1.05. The number of benzene rings is 1. The summed E-state index contributed by atoms with van der Waals surface area (Å²) in [6.07, 6.45) is 4.42. The second kappa shape index (κ2) is 4.17. The smallest absolute Gasteiger partial charge is 0.303 e. The average Bonchev–Trinajstić information content (AvgIpc) is 2.26. The summed E-state index contributed by atoms with van der Waals surface area (Å²) in [6, 6.07) is 7.72. The maximum atomic E-state index is 10.4. The number of aliphatic carboxylic acids is 1. The van der Waals surface area contributed by atoms with Crippen LogP contribution < -0.4 is 4.74 Å². The predicted molar refractivity (Wildman–Crippen MR) is 56.8 cm³/mol. The highest BCUT2D eigenvalue weighted by atomic mass is 16.5. The number of carbonyl (C=O) groups is 1. The molecule has 78 valence electrons. The molecule has 0 spiro atoms. The molecule has 0 amide bonds. The lowest BCUT2D eigenvalue weighted by molar-refractivity contribution is -0.137. The number of carboxylic acid groups (broad SMARTS) is 1. The standard InChI is InChI=1S/C12H12O3/c13-12(14)8-7-10-6-5-9-3-1-2-4-11(9)15-10/h1-6,10H,7-8H2,(H,13,14). The van der Waals surface area contributed by atoms with E-state index in [-0.39, 0.29) is 12.5 Å². The highest BCUT2D eigenvalue weighted by Crippen LogP contribution is 2.26. The number of hydrogen-bond donors (Lipinski definition) is 1. The first-order valence-corrected chi connectivity index (χ1v) is 4.91. The van der Waals surface area contributed by atoms with Crippen molar-refractivity contribution in [3.05, 3.63) is 35.9 Å². The van der Waals surface area contributed by atoms with Gasteiger partial charge in [0, 0.05) is 12.0 Å². The summed E-state index contributed by atoms with van der Waals surface area (Å²) >= 11 is 0. The molecule has 0 aromatic heterocycles. The Kier molecular flexibility index (Phi) is 2.72. The van der Waals surface area contributed by atoms with Crippen molar-refractivity contribution in [2.75, 3.05) is 0 Å². The lowest BCUT2D eigenvalue weighted by Crippen LogP contribution is -2.18. The van der Waals surface area contributed by atoms with Crippen LogP contribution in [0.1, 0.15) is 18.4 Å². The van der Waals surface area contributed by atoms with E-state index < -0.39 is 5.97 Å². The van der Waals surface area contributed by atoms with Gasteiger partial charge in [-0.2, -0.15) is 0 Å². The molecule has 0 bridgehead atoms. The quantitative estimate of drug-likeness (QED) is 0.821. The van der Waals surface area contributed by atoms with Gasteiger partial charge in [0.1, 0.15) is 11.9 Å². The van der Waals surface area contributed by atoms with Crippen LogP contribution in [-0.2, 0) is 4.79 Å². The summed E-state index contributed by atoms with van der Waals surface area (Å²) in [4.78, 5) is 10.4. The van der Waals surface area contributed by atoms with E-state index in [1.807, 2.05) is 36.4 Å². The van der Waals surface area contributed by atoms with Gasteiger partial charge >= 0.3 is 5.97 Å². The van der Waals surface area contributed by atoms with Gasteiger partial charge in [0.15, 0.2) is 0 Å². The third kappa shape index (κ3) is 2.37. The molecule has 3 nitrogen and oxygen atoms in total. The van der Waals surface area contributed by atoms with Gasteiger partial charge < -0.3 is 9.84 Å². The van der Waals surface area contributed by atoms with E-state index >= 15 is 0 Å². The van der Waals surface area contributed by atoms with E-state index in [1.54, 1.807) is 0 Å². The monoisotopic (exact) mass is 204 g/mol. The van der Waals surface area contributed by atoms with Crippen LogP contribution >= 0.6 is 0 Å². The molecule has 1 atom stereocenters. The number of hydrogen-bond acceptors (Lipinski definition) is 2. The zero-order chi connectivity index (χ0) is 10.7. The molecule has 1 N–H and O–H groups in total. The van der Waals surface area contributed by atoms with Crippen LogP contribution in [0.25, 0.3) is 6.08 Å². The number of ether oxygens (including phenoxy) is 1. The molecule has 1 aromatic carbocycles. The van der Waals surface area contributed by atoms with Crippen molar-refractivity contribution in [2.45, 2.75) is 18.9 Å². The minimum absolute atomic E-state index is 0.115. The first-order chi connectivity index (χ1) is 7.25. The predicted octanol–water partition coefficient (Wildman–Crippen LogP) is 2.33. The highest BCUT2D eigenvalue weighted by molar-refractivity contribution is 5.67. The van der Waals surface area contributed by atoms with Gasteiger partial charge in [-0.05, 0) is 18.6 Å². The van der Waals surface area contributed by atoms with Gasteiger partial charge in [0.25, 0.3) is 0 Å². The topological polar surface area (TPSA) is 46.5 Å². The van der Waals surface area contributed by atoms with Gasteiger partial charge in [-0.1, -0.05) is 24.3 Å². The summed E-state index contributed by atoms with van der Waals surface area (Å²) in [7, 11) is 0. The summed E-state index contributed by atoms with van der Waals surface area (Å²) in [6.45, 7) is 0. The number of carboxylic acids is 1. The molecule has 0 saturated heterocycles. The largest absolute Gasteiger partial charge is 0.486 e. The molecule has 1 aliphatic heterocycles. The Morgan fingerprint density at radius 3 is 3.00 bits per heavy atom. The summed E-state index contributed by atoms with van der Waals surface area (Å²) in [5.74, 6) is 0.0428. The van der Waals surface area contributed by atoms with Crippen LogP contribution in [0.5, 0.6) is 5.75 Å². The van der Waals surface area contributed by atoms with Crippen molar-refractivity contribution in [3.63, 3.8) is 0 Å². The van der Waals surface area contributed by atoms with E-state index in [0.29, 0.717) is 6.42 Å². The minimum Gasteiger partial charge on any atom is -0.486 e. The number of rotatable bonds is 3. The van der Waals surface area contributed by atoms with Gasteiger partial charge in [0.2, 0.25) is 0 Å². The van der Waals surface area contributed by atoms with Crippen molar-refractivity contribution >= 4 is 12.0 Å². The molecule has 0 aliphatic carbocycles. The van der Waals surface area contributed by atoms with Crippen molar-refractivity contribution in [1.29, 1.82) is 0 Å². The van der Waals surface area contributed by atoms with E-state index in [2.05, 4.69) is 0 Å². The Morgan fingerprint density at radius 2 is 2.20 bits per heavy atom. The second-order valence-corrected chi connectivity index (χ2v) is 3.49. The molecular weight excluding hydrogens is 192 g/mol. The van der Waals surface area contributed by atoms with E-state index in [4.69, 9.17) is 9.84 Å². The van der Waals surface area contributed by atoms with E-state index in [1.165, 1.54) is 0 Å². The molecule has 1 aliphatic rings. The highest BCUT2D eigenvalue weighted by Gasteiger charge is 2.14. The molecule has 1 unspecified atom stereocenters. The molecule has 0 saturated carbocycles. The first kappa shape index (κ1) is 9.77. The fraction of sp³-hybridized carbons (Fsp3) is 0.250. The molecule has 0 radical (unpaired) electrons. The normalized spacial score (nSPS) is 18.0. The Balaban J connectivity index is 2.03. The van der Waals surface area contributed by atoms with Gasteiger partial charge in [0.05, 0.1) is 0 Å². The van der Waals surface area contributed by atoms with Crippen LogP contribution in [0.4, 0.5) is 0 Å². The van der Waals surface area contributed by atoms with E-state index in [0.717, 1.165) is 11.3 Å². The van der Waals surface area contributed by atoms with Crippen molar-refractivity contribution in [2.24, 2.45) is 0 Å². The average molecular weight is 204 g/mol. The van der Waals surface area contributed by atoms with Crippen LogP contribution in [0.3, 0.4) is 0 Å². The molecule has 15 heavy (non-hydrogen) atoms. The fourth-order valence-electron chi connectivity index (χ4n) is 1.56. The lowest BCUT2D eigenvalue weighted by Gasteiger charge is -2.20. The van der Waals surface area contributed by atoms with Crippen LogP contribution in [-0.4, -0.2) is 17.2 Å². The maximum Gasteiger partial charge on any atom is 0.303 e. The Morgan fingerprint density at radius 1 is 1.40 bits per heavy atom. The third-order valence-corrected chi connectivity index (χ3v) is 2.33. The molecule has 1 aromatic rings. The number of para-hydroxylation sites is 1. The van der Waals surface area contributed by atoms with Crippen LogP contribution in [0.15, 0.2) is 30.3 Å². The maximum absolute atomic E-state index is 10.4. The van der Waals surface area contributed by atoms with E-state index in [9.17, 15) is 4.79 Å². The van der Waals surface area contributed by atoms with Gasteiger partial charge in [-0.3, -0.25) is 4.79 Å². The second-order valence-electron chi connectivity index (χ2n) is 3.49. The molecule has 1 heterocycles. The zero-order valence-electron chi connectivity index (χ0n) is 8.22. The fourth-order valence-corrected chi connectivity index (χ4v) is 1.56. The molecular formula is C12H12O3. The first-order valence-electron chi connectivity index (χ1n) is 4.91. The zero-order valence-corrected chi connectivity index (χ0v) is 8.22. The number of fused-ring (bicyclic) bond motifs is 1. The molecule has 3 heteroatoms. The van der Waals surface area contributed by atoms with Gasteiger partial charge in [-0.25, -0.2) is 0 Å². The lowest BCUT2D eigenvalue weighted by atomic mass is 10.1. The summed E-state index contributed by atoms with van der Waals surface area (Å²) in [5, 5.41) is 8.56. The Bertz CT molecular complexity index is 396. The third-order valence-electron chi connectivity index (χ3n) is 2.33. The molecule has 2 rings (SSSR count).